The van der Waals surface area contributed by atoms with Crippen molar-refractivity contribution in [3.05, 3.63) is 69.3 Å². The summed E-state index contributed by atoms with van der Waals surface area (Å²) in [6.07, 6.45) is -4.80. The van der Waals surface area contributed by atoms with Gasteiger partial charge in [-0.25, -0.2) is 0 Å². The fraction of sp³-hybridized carbons (Fsp3) is 0.316. The van der Waals surface area contributed by atoms with E-state index in [1.165, 1.54) is 0 Å². The topological polar surface area (TPSA) is 84.7 Å². The molecule has 2 aromatic carbocycles. The van der Waals surface area contributed by atoms with Crippen molar-refractivity contribution >= 4 is 17.3 Å². The molecule has 0 atom stereocenters. The van der Waals surface area contributed by atoms with E-state index < -0.39 is 33.8 Å². The molecule has 29 heavy (non-hydrogen) atoms. The highest BCUT2D eigenvalue weighted by Crippen LogP contribution is 2.32. The smallest absolute Gasteiger partial charge is 0.378 e. The predicted molar refractivity (Wildman–Crippen MR) is 98.7 cm³/mol. The first kappa shape index (κ1) is 20.6. The van der Waals surface area contributed by atoms with Crippen LogP contribution in [0.15, 0.2) is 42.5 Å². The monoisotopic (exact) mass is 409 g/mol. The molecule has 154 valence electrons. The standard InChI is InChI=1S/C19H18F3N3O4/c20-19(21,22)15-9-14(10-17(11-15)25(27)28)18(26)23-12-13-1-3-16(4-2-13)24-5-7-29-8-6-24/h1-4,9-11H,5-8,12H2,(H,23,26). The maximum atomic E-state index is 13.0. The Labute approximate surface area is 164 Å². The van der Waals surface area contributed by atoms with Gasteiger partial charge >= 0.3 is 6.18 Å². The Kier molecular flexibility index (Phi) is 6.02. The Hall–Kier alpha value is -3.14. The van der Waals surface area contributed by atoms with Gasteiger partial charge in [0.2, 0.25) is 0 Å². The molecule has 1 amide bonds. The van der Waals surface area contributed by atoms with Crippen LogP contribution in [-0.2, 0) is 17.5 Å². The van der Waals surface area contributed by atoms with Crippen LogP contribution in [0.5, 0.6) is 0 Å². The quantitative estimate of drug-likeness (QED) is 0.605. The van der Waals surface area contributed by atoms with Gasteiger partial charge in [0.15, 0.2) is 0 Å². The molecule has 1 saturated heterocycles. The highest BCUT2D eigenvalue weighted by molar-refractivity contribution is 5.95. The zero-order valence-electron chi connectivity index (χ0n) is 15.2. The summed E-state index contributed by atoms with van der Waals surface area (Å²) in [5, 5.41) is 13.4. The number of carbonyl (C=O) groups is 1. The van der Waals surface area contributed by atoms with Gasteiger partial charge in [-0.15, -0.1) is 0 Å². The van der Waals surface area contributed by atoms with Gasteiger partial charge in [-0.2, -0.15) is 13.2 Å². The minimum atomic E-state index is -4.80. The molecule has 7 nitrogen and oxygen atoms in total. The van der Waals surface area contributed by atoms with E-state index in [1.807, 2.05) is 12.1 Å². The van der Waals surface area contributed by atoms with Crippen molar-refractivity contribution in [1.29, 1.82) is 0 Å². The zero-order valence-corrected chi connectivity index (χ0v) is 15.2. The molecule has 1 N–H and O–H groups in total. The fourth-order valence-electron chi connectivity index (χ4n) is 2.94. The number of hydrogen-bond donors (Lipinski definition) is 1. The normalized spacial score (nSPS) is 14.5. The number of amides is 1. The molecule has 2 aromatic rings. The van der Waals surface area contributed by atoms with E-state index in [1.54, 1.807) is 12.1 Å². The molecule has 0 spiro atoms. The number of nitrogens with zero attached hydrogens (tertiary/aromatic N) is 2. The summed E-state index contributed by atoms with van der Waals surface area (Å²) in [5.41, 5.74) is -0.697. The van der Waals surface area contributed by atoms with Crippen molar-refractivity contribution in [1.82, 2.24) is 5.32 Å². The second-order valence-corrected chi connectivity index (χ2v) is 6.47. The third kappa shape index (κ3) is 5.23. The number of ether oxygens (including phenoxy) is 1. The number of non-ortho nitro benzene ring substituents is 1. The van der Waals surface area contributed by atoms with E-state index in [0.717, 1.165) is 30.4 Å². The molecule has 1 fully saturated rings. The summed E-state index contributed by atoms with van der Waals surface area (Å²) in [6, 6.07) is 9.22. The highest BCUT2D eigenvalue weighted by atomic mass is 19.4. The van der Waals surface area contributed by atoms with Gasteiger partial charge in [-0.05, 0) is 23.8 Å². The molecule has 1 aliphatic heterocycles. The van der Waals surface area contributed by atoms with Crippen molar-refractivity contribution < 1.29 is 27.6 Å². The molecule has 1 heterocycles. The lowest BCUT2D eigenvalue weighted by Crippen LogP contribution is -2.36. The number of hydrogen-bond acceptors (Lipinski definition) is 5. The number of morpholine rings is 1. The SMILES string of the molecule is O=C(NCc1ccc(N2CCOCC2)cc1)c1cc([N+](=O)[O-])cc(C(F)(F)F)c1. The van der Waals surface area contributed by atoms with Crippen molar-refractivity contribution in [3.8, 4) is 0 Å². The Morgan fingerprint density at radius 1 is 1.14 bits per heavy atom. The summed E-state index contributed by atoms with van der Waals surface area (Å²) >= 11 is 0. The van der Waals surface area contributed by atoms with E-state index in [4.69, 9.17) is 4.74 Å². The van der Waals surface area contributed by atoms with Crippen molar-refractivity contribution in [2.75, 3.05) is 31.2 Å². The summed E-state index contributed by atoms with van der Waals surface area (Å²) in [7, 11) is 0. The number of carbonyl (C=O) groups excluding carboxylic acids is 1. The van der Waals surface area contributed by atoms with E-state index in [2.05, 4.69) is 10.2 Å². The average Bonchev–Trinajstić information content (AvgIpc) is 2.72. The van der Waals surface area contributed by atoms with Crippen LogP contribution in [0.3, 0.4) is 0 Å². The lowest BCUT2D eigenvalue weighted by molar-refractivity contribution is -0.385. The fourth-order valence-corrected chi connectivity index (χ4v) is 2.94. The van der Waals surface area contributed by atoms with Crippen molar-refractivity contribution in [2.24, 2.45) is 0 Å². The Morgan fingerprint density at radius 3 is 2.38 bits per heavy atom. The minimum absolute atomic E-state index is 0.0757. The van der Waals surface area contributed by atoms with Gasteiger partial charge < -0.3 is 15.0 Å². The van der Waals surface area contributed by atoms with Crippen LogP contribution in [-0.4, -0.2) is 37.1 Å². The lowest BCUT2D eigenvalue weighted by atomic mass is 10.1. The highest BCUT2D eigenvalue weighted by Gasteiger charge is 2.33. The first-order chi connectivity index (χ1) is 13.7. The second kappa shape index (κ2) is 8.48. The van der Waals surface area contributed by atoms with Gasteiger partial charge in [-0.3, -0.25) is 14.9 Å². The number of anilines is 1. The lowest BCUT2D eigenvalue weighted by Gasteiger charge is -2.28. The van der Waals surface area contributed by atoms with Gasteiger partial charge in [0, 0.05) is 43.0 Å². The number of benzene rings is 2. The molecule has 0 unspecified atom stereocenters. The number of alkyl halides is 3. The number of halogens is 3. The average molecular weight is 409 g/mol. The van der Waals surface area contributed by atoms with Crippen LogP contribution in [0.25, 0.3) is 0 Å². The van der Waals surface area contributed by atoms with Crippen molar-refractivity contribution in [3.63, 3.8) is 0 Å². The first-order valence-corrected chi connectivity index (χ1v) is 8.80. The Morgan fingerprint density at radius 2 is 1.79 bits per heavy atom. The molecular formula is C19H18F3N3O4. The third-order valence-corrected chi connectivity index (χ3v) is 4.48. The van der Waals surface area contributed by atoms with Crippen LogP contribution < -0.4 is 10.2 Å². The molecule has 0 saturated carbocycles. The second-order valence-electron chi connectivity index (χ2n) is 6.47. The Balaban J connectivity index is 1.68. The number of nitrogens with one attached hydrogen (secondary N) is 1. The molecular weight excluding hydrogens is 391 g/mol. The summed E-state index contributed by atoms with van der Waals surface area (Å²) in [4.78, 5) is 24.4. The molecule has 3 rings (SSSR count). The van der Waals surface area contributed by atoms with Crippen LogP contribution >= 0.6 is 0 Å². The predicted octanol–water partition coefficient (Wildman–Crippen LogP) is 3.38. The van der Waals surface area contributed by atoms with E-state index in [9.17, 15) is 28.1 Å². The molecule has 0 aliphatic carbocycles. The number of nitro benzene ring substituents is 1. The summed E-state index contributed by atoms with van der Waals surface area (Å²) < 4.78 is 44.2. The van der Waals surface area contributed by atoms with Gasteiger partial charge in [0.25, 0.3) is 11.6 Å². The molecule has 0 aromatic heterocycles. The maximum absolute atomic E-state index is 13.0. The molecule has 0 radical (unpaired) electrons. The van der Waals surface area contributed by atoms with Gasteiger partial charge in [0.05, 0.1) is 23.7 Å². The summed E-state index contributed by atoms with van der Waals surface area (Å²) in [6.45, 7) is 2.95. The minimum Gasteiger partial charge on any atom is -0.378 e. The van der Waals surface area contributed by atoms with E-state index in [0.29, 0.717) is 25.3 Å². The number of rotatable bonds is 5. The van der Waals surface area contributed by atoms with Gasteiger partial charge in [-0.1, -0.05) is 12.1 Å². The third-order valence-electron chi connectivity index (χ3n) is 4.48. The zero-order chi connectivity index (χ0) is 21.0. The van der Waals surface area contributed by atoms with Crippen LogP contribution in [0.1, 0.15) is 21.5 Å². The van der Waals surface area contributed by atoms with Gasteiger partial charge in [0.1, 0.15) is 0 Å². The maximum Gasteiger partial charge on any atom is 0.416 e. The van der Waals surface area contributed by atoms with Crippen LogP contribution in [0.4, 0.5) is 24.5 Å². The van der Waals surface area contributed by atoms with E-state index in [-0.39, 0.29) is 6.54 Å². The van der Waals surface area contributed by atoms with Crippen LogP contribution in [0, 0.1) is 10.1 Å². The molecule has 10 heteroatoms. The van der Waals surface area contributed by atoms with E-state index >= 15 is 0 Å². The van der Waals surface area contributed by atoms with Crippen molar-refractivity contribution in [2.45, 2.75) is 12.7 Å². The van der Waals surface area contributed by atoms with Crippen LogP contribution in [0.2, 0.25) is 0 Å². The molecule has 0 bridgehead atoms. The first-order valence-electron chi connectivity index (χ1n) is 8.80. The largest absolute Gasteiger partial charge is 0.416 e. The summed E-state index contributed by atoms with van der Waals surface area (Å²) in [5.74, 6) is -0.823. The number of nitro groups is 1. The Bertz CT molecular complexity index is 895. The molecule has 1 aliphatic rings.